The number of nitriles is 1. The van der Waals surface area contributed by atoms with Crippen LogP contribution in [-0.2, 0) is 0 Å². The van der Waals surface area contributed by atoms with Crippen LogP contribution in [0.3, 0.4) is 0 Å². The first-order valence-corrected chi connectivity index (χ1v) is 3.32. The maximum absolute atomic E-state index is 8.52. The van der Waals surface area contributed by atoms with E-state index in [1.807, 2.05) is 0 Å². The van der Waals surface area contributed by atoms with Crippen LogP contribution in [0.2, 0.25) is 0 Å². The van der Waals surface area contributed by atoms with Gasteiger partial charge in [0, 0.05) is 19.6 Å². The van der Waals surface area contributed by atoms with Crippen molar-refractivity contribution in [2.75, 3.05) is 19.6 Å². The van der Waals surface area contributed by atoms with E-state index in [-0.39, 0.29) is 0 Å². The van der Waals surface area contributed by atoms with Gasteiger partial charge in [-0.05, 0) is 12.3 Å². The third-order valence-corrected chi connectivity index (χ3v) is 2.15. The number of fused-ring (bicyclic) bond motifs is 2. The van der Waals surface area contributed by atoms with Crippen LogP contribution in [0.15, 0.2) is 0 Å². The summed E-state index contributed by atoms with van der Waals surface area (Å²) in [6.07, 6.45) is 3.44. The van der Waals surface area contributed by atoms with Crippen molar-refractivity contribution in [3.63, 3.8) is 0 Å². The first kappa shape index (κ1) is 5.07. The molecule has 0 spiro atoms. The lowest BCUT2D eigenvalue weighted by molar-refractivity contribution is 0.0880. The van der Waals surface area contributed by atoms with E-state index < -0.39 is 0 Å². The van der Waals surface area contributed by atoms with Gasteiger partial charge in [-0.3, -0.25) is 0 Å². The van der Waals surface area contributed by atoms with E-state index in [0.29, 0.717) is 0 Å². The van der Waals surface area contributed by atoms with E-state index in [1.165, 1.54) is 6.42 Å². The van der Waals surface area contributed by atoms with Gasteiger partial charge in [-0.1, -0.05) is 0 Å². The molecule has 0 aliphatic carbocycles. The lowest BCUT2D eigenvalue weighted by atomic mass is 10.1. The lowest BCUT2D eigenvalue weighted by Gasteiger charge is -2.22. The Bertz CT molecular complexity index is 160. The number of hydrazine groups is 1. The van der Waals surface area contributed by atoms with Crippen LogP contribution >= 0.6 is 0 Å². The van der Waals surface area contributed by atoms with Crippen molar-refractivity contribution < 1.29 is 0 Å². The van der Waals surface area contributed by atoms with Gasteiger partial charge >= 0.3 is 0 Å². The fraction of sp³-hybridized carbons (Fsp3) is 0.833. The first-order chi connectivity index (χ1) is 4.40. The average molecular weight is 123 g/mol. The van der Waals surface area contributed by atoms with Crippen LogP contribution in [0.1, 0.15) is 6.42 Å². The zero-order valence-corrected chi connectivity index (χ0v) is 5.25. The number of hydrogen-bond acceptors (Lipinski definition) is 3. The molecule has 3 nitrogen and oxygen atoms in total. The van der Waals surface area contributed by atoms with Crippen LogP contribution in [-0.4, -0.2) is 29.7 Å². The van der Waals surface area contributed by atoms with E-state index in [4.69, 9.17) is 5.26 Å². The molecule has 0 aromatic heterocycles. The summed E-state index contributed by atoms with van der Waals surface area (Å²) in [7, 11) is 0. The van der Waals surface area contributed by atoms with Crippen LogP contribution in [0.5, 0.6) is 0 Å². The quantitative estimate of drug-likeness (QED) is 0.425. The van der Waals surface area contributed by atoms with E-state index in [2.05, 4.69) is 11.2 Å². The Morgan fingerprint density at radius 3 is 2.67 bits per heavy atom. The van der Waals surface area contributed by atoms with E-state index >= 15 is 0 Å². The molecule has 0 N–H and O–H groups in total. The number of hydrogen-bond donors (Lipinski definition) is 0. The van der Waals surface area contributed by atoms with Crippen molar-refractivity contribution >= 4 is 0 Å². The molecule has 2 heterocycles. The van der Waals surface area contributed by atoms with Crippen molar-refractivity contribution in [1.82, 2.24) is 10.0 Å². The summed E-state index contributed by atoms with van der Waals surface area (Å²) < 4.78 is 0. The van der Waals surface area contributed by atoms with Crippen LogP contribution in [0, 0.1) is 17.4 Å². The Labute approximate surface area is 54.4 Å². The first-order valence-electron chi connectivity index (χ1n) is 3.32. The molecule has 2 aliphatic heterocycles. The molecule has 2 rings (SSSR count). The molecule has 2 saturated heterocycles. The summed E-state index contributed by atoms with van der Waals surface area (Å²) in [4.78, 5) is 0. The molecular formula is C6H9N3. The molecule has 2 fully saturated rings. The molecule has 2 unspecified atom stereocenters. The maximum atomic E-state index is 8.52. The highest BCUT2D eigenvalue weighted by molar-refractivity contribution is 4.89. The summed E-state index contributed by atoms with van der Waals surface area (Å²) >= 11 is 0. The zero-order valence-electron chi connectivity index (χ0n) is 5.25. The average Bonchev–Trinajstić information content (AvgIpc) is 2.45. The van der Waals surface area contributed by atoms with Crippen molar-refractivity contribution in [1.29, 1.82) is 5.26 Å². The van der Waals surface area contributed by atoms with Gasteiger partial charge in [-0.2, -0.15) is 5.26 Å². The Morgan fingerprint density at radius 1 is 1.44 bits per heavy atom. The Kier molecular flexibility index (Phi) is 0.908. The van der Waals surface area contributed by atoms with Crippen molar-refractivity contribution in [2.45, 2.75) is 6.42 Å². The molecule has 2 atom stereocenters. The Hall–Kier alpha value is -0.750. The molecule has 48 valence electrons. The van der Waals surface area contributed by atoms with E-state index in [0.717, 1.165) is 25.6 Å². The molecule has 0 radical (unpaired) electrons. The number of rotatable bonds is 0. The minimum atomic E-state index is 0.782. The molecule has 3 heteroatoms. The predicted octanol–water partition coefficient (Wildman–Crippen LogP) is 0.0200. The SMILES string of the molecule is N#CN1CC2CCN1C2. The van der Waals surface area contributed by atoms with Crippen molar-refractivity contribution in [3.8, 4) is 6.19 Å². The van der Waals surface area contributed by atoms with Gasteiger partial charge in [0.15, 0.2) is 6.19 Å². The van der Waals surface area contributed by atoms with Gasteiger partial charge in [0.1, 0.15) is 0 Å². The summed E-state index contributed by atoms with van der Waals surface area (Å²) in [6, 6.07) is 0. The third kappa shape index (κ3) is 0.600. The summed E-state index contributed by atoms with van der Waals surface area (Å²) in [5, 5.41) is 12.4. The van der Waals surface area contributed by atoms with Crippen molar-refractivity contribution in [3.05, 3.63) is 0 Å². The zero-order chi connectivity index (χ0) is 6.27. The van der Waals surface area contributed by atoms with Crippen LogP contribution < -0.4 is 0 Å². The normalized spacial score (nSPS) is 39.2. The predicted molar refractivity (Wildman–Crippen MR) is 32.0 cm³/mol. The third-order valence-electron chi connectivity index (χ3n) is 2.15. The fourth-order valence-electron chi connectivity index (χ4n) is 1.64. The van der Waals surface area contributed by atoms with Gasteiger partial charge in [-0.25, -0.2) is 10.0 Å². The van der Waals surface area contributed by atoms with E-state index in [1.54, 1.807) is 5.01 Å². The second kappa shape index (κ2) is 1.61. The topological polar surface area (TPSA) is 30.3 Å². The minimum absolute atomic E-state index is 0.782. The lowest BCUT2D eigenvalue weighted by Crippen LogP contribution is -2.33. The molecule has 0 aromatic carbocycles. The van der Waals surface area contributed by atoms with Crippen LogP contribution in [0.25, 0.3) is 0 Å². The van der Waals surface area contributed by atoms with Gasteiger partial charge in [0.2, 0.25) is 0 Å². The molecule has 0 amide bonds. The van der Waals surface area contributed by atoms with Crippen molar-refractivity contribution in [2.24, 2.45) is 5.92 Å². The molecular weight excluding hydrogens is 114 g/mol. The van der Waals surface area contributed by atoms with Gasteiger partial charge in [-0.15, -0.1) is 0 Å². The molecule has 2 bridgehead atoms. The molecule has 0 aromatic rings. The van der Waals surface area contributed by atoms with Gasteiger partial charge < -0.3 is 0 Å². The highest BCUT2D eigenvalue weighted by Crippen LogP contribution is 2.25. The molecule has 0 saturated carbocycles. The summed E-state index contributed by atoms with van der Waals surface area (Å²) in [5.74, 6) is 0.782. The van der Waals surface area contributed by atoms with Gasteiger partial charge in [0.05, 0.1) is 0 Å². The molecule has 9 heavy (non-hydrogen) atoms. The number of nitrogens with zero attached hydrogens (tertiary/aromatic N) is 3. The van der Waals surface area contributed by atoms with E-state index in [9.17, 15) is 0 Å². The maximum Gasteiger partial charge on any atom is 0.195 e. The second-order valence-corrected chi connectivity index (χ2v) is 2.75. The highest BCUT2D eigenvalue weighted by Gasteiger charge is 2.35. The molecule has 2 aliphatic rings. The minimum Gasteiger partial charge on any atom is -0.242 e. The smallest absolute Gasteiger partial charge is 0.195 e. The Balaban J connectivity index is 2.12. The highest BCUT2D eigenvalue weighted by atomic mass is 15.7. The monoisotopic (exact) mass is 123 g/mol. The second-order valence-electron chi connectivity index (χ2n) is 2.75. The van der Waals surface area contributed by atoms with Crippen LogP contribution in [0.4, 0.5) is 0 Å². The largest absolute Gasteiger partial charge is 0.242 e. The standard InChI is InChI=1S/C6H9N3/c7-5-9-4-6-1-2-8(9)3-6/h6H,1-4H2. The van der Waals surface area contributed by atoms with Gasteiger partial charge in [0.25, 0.3) is 0 Å². The summed E-state index contributed by atoms with van der Waals surface area (Å²) in [6.45, 7) is 3.18. The Morgan fingerprint density at radius 2 is 2.33 bits per heavy atom. The fourth-order valence-corrected chi connectivity index (χ4v) is 1.64. The summed E-state index contributed by atoms with van der Waals surface area (Å²) in [5.41, 5.74) is 0.